The second kappa shape index (κ2) is 7.67. The van der Waals surface area contributed by atoms with E-state index in [9.17, 15) is 24.8 Å². The first-order valence-corrected chi connectivity index (χ1v) is 8.86. The molecule has 1 aromatic heterocycles. The second-order valence-electron chi connectivity index (χ2n) is 6.49. The number of non-ortho nitro benzene ring substituents is 1. The Hall–Kier alpha value is -4.61. The van der Waals surface area contributed by atoms with Gasteiger partial charge in [0.2, 0.25) is 5.95 Å². The molecule has 0 fully saturated rings. The molecule has 12 nitrogen and oxygen atoms in total. The summed E-state index contributed by atoms with van der Waals surface area (Å²) in [6, 6.07) is 10.1. The molecule has 2 heterocycles. The molecule has 0 unspecified atom stereocenters. The molecule has 156 valence electrons. The van der Waals surface area contributed by atoms with E-state index in [4.69, 9.17) is 4.74 Å². The number of nitro groups is 1. The molecule has 4 rings (SSSR count). The minimum atomic E-state index is -1.01. The quantitative estimate of drug-likeness (QED) is 0.267. The fraction of sp³-hybridized carbons (Fsp3) is 0.105. The summed E-state index contributed by atoms with van der Waals surface area (Å²) < 4.78 is 6.09. The van der Waals surface area contributed by atoms with E-state index in [1.807, 2.05) is 0 Å². The number of aromatic hydroxyl groups is 1. The lowest BCUT2D eigenvalue weighted by molar-refractivity contribution is -0.384. The SMILES string of the molecule is COC(=O)C1=C(C(=O)c2cccc([N+](=O)[O-])c2)[C@@H](c2cccc(O)c2)n2nnnc2N1. The highest BCUT2D eigenvalue weighted by molar-refractivity contribution is 6.15. The Kier molecular flexibility index (Phi) is 4.87. The third kappa shape index (κ3) is 3.46. The van der Waals surface area contributed by atoms with E-state index >= 15 is 0 Å². The molecule has 1 aliphatic rings. The van der Waals surface area contributed by atoms with Crippen LogP contribution in [-0.2, 0) is 9.53 Å². The maximum atomic E-state index is 13.5. The van der Waals surface area contributed by atoms with Crippen LogP contribution < -0.4 is 5.32 Å². The first-order chi connectivity index (χ1) is 14.9. The van der Waals surface area contributed by atoms with E-state index in [0.29, 0.717) is 5.56 Å². The highest BCUT2D eigenvalue weighted by Crippen LogP contribution is 2.37. The number of benzene rings is 2. The number of hydrogen-bond acceptors (Lipinski definition) is 10. The summed E-state index contributed by atoms with van der Waals surface area (Å²) in [6.45, 7) is 0. The molecule has 12 heteroatoms. The number of ether oxygens (including phenoxy) is 1. The predicted octanol–water partition coefficient (Wildman–Crippen LogP) is 1.61. The number of methoxy groups -OCH3 is 1. The summed E-state index contributed by atoms with van der Waals surface area (Å²) in [7, 11) is 1.15. The molecule has 3 aromatic rings. The summed E-state index contributed by atoms with van der Waals surface area (Å²) in [5.74, 6) is -1.53. The fourth-order valence-electron chi connectivity index (χ4n) is 3.31. The number of esters is 1. The number of carbonyl (C=O) groups is 2. The third-order valence-corrected chi connectivity index (χ3v) is 4.66. The Morgan fingerprint density at radius 1 is 1.23 bits per heavy atom. The van der Waals surface area contributed by atoms with Crippen LogP contribution in [0.5, 0.6) is 5.75 Å². The predicted molar refractivity (Wildman–Crippen MR) is 104 cm³/mol. The molecule has 0 radical (unpaired) electrons. The molecule has 1 atom stereocenters. The van der Waals surface area contributed by atoms with E-state index < -0.39 is 22.7 Å². The van der Waals surface area contributed by atoms with Gasteiger partial charge in [-0.3, -0.25) is 14.9 Å². The second-order valence-corrected chi connectivity index (χ2v) is 6.49. The Bertz CT molecular complexity index is 1250. The van der Waals surface area contributed by atoms with E-state index in [-0.39, 0.29) is 34.2 Å². The van der Waals surface area contributed by atoms with Crippen LogP contribution in [-0.4, -0.2) is 49.1 Å². The van der Waals surface area contributed by atoms with Crippen LogP contribution in [0.3, 0.4) is 0 Å². The molecule has 2 N–H and O–H groups in total. The maximum absolute atomic E-state index is 13.5. The molecule has 0 spiro atoms. The largest absolute Gasteiger partial charge is 0.508 e. The number of ketones is 1. The van der Waals surface area contributed by atoms with Gasteiger partial charge in [-0.1, -0.05) is 29.4 Å². The highest BCUT2D eigenvalue weighted by atomic mass is 16.6. The first kappa shape index (κ1) is 19.7. The number of aromatic nitrogens is 4. The highest BCUT2D eigenvalue weighted by Gasteiger charge is 2.38. The smallest absolute Gasteiger partial charge is 0.355 e. The van der Waals surface area contributed by atoms with Crippen molar-refractivity contribution in [1.82, 2.24) is 20.2 Å². The maximum Gasteiger partial charge on any atom is 0.355 e. The number of phenolic OH excluding ortho intramolecular Hbond substituents is 1. The number of nitro benzene ring substituents is 1. The average Bonchev–Trinajstić information content (AvgIpc) is 3.25. The van der Waals surface area contributed by atoms with Gasteiger partial charge in [-0.05, 0) is 28.1 Å². The zero-order chi connectivity index (χ0) is 22.1. The van der Waals surface area contributed by atoms with Gasteiger partial charge in [-0.2, -0.15) is 4.68 Å². The van der Waals surface area contributed by atoms with Crippen molar-refractivity contribution in [2.45, 2.75) is 6.04 Å². The Morgan fingerprint density at radius 2 is 2.00 bits per heavy atom. The summed E-state index contributed by atoms with van der Waals surface area (Å²) in [4.78, 5) is 36.6. The van der Waals surface area contributed by atoms with E-state index in [0.717, 1.165) is 13.2 Å². The molecular weight excluding hydrogens is 408 g/mol. The summed E-state index contributed by atoms with van der Waals surface area (Å²) in [5, 5.41) is 35.1. The number of hydrogen-bond donors (Lipinski definition) is 2. The number of phenols is 1. The fourth-order valence-corrected chi connectivity index (χ4v) is 3.31. The number of rotatable bonds is 5. The summed E-state index contributed by atoms with van der Waals surface area (Å²) in [6.07, 6.45) is 0. The van der Waals surface area contributed by atoms with Gasteiger partial charge in [0.25, 0.3) is 5.69 Å². The minimum Gasteiger partial charge on any atom is -0.508 e. The van der Waals surface area contributed by atoms with Crippen molar-refractivity contribution in [3.05, 3.63) is 81.0 Å². The molecule has 0 saturated carbocycles. The van der Waals surface area contributed by atoms with Gasteiger partial charge in [0.15, 0.2) is 5.78 Å². The van der Waals surface area contributed by atoms with Gasteiger partial charge >= 0.3 is 5.97 Å². The van der Waals surface area contributed by atoms with Gasteiger partial charge < -0.3 is 15.2 Å². The van der Waals surface area contributed by atoms with E-state index in [2.05, 4.69) is 20.8 Å². The lowest BCUT2D eigenvalue weighted by Gasteiger charge is -2.28. The molecule has 1 aliphatic heterocycles. The van der Waals surface area contributed by atoms with Crippen molar-refractivity contribution >= 4 is 23.4 Å². The van der Waals surface area contributed by atoms with Crippen molar-refractivity contribution in [3.63, 3.8) is 0 Å². The molecule has 0 aliphatic carbocycles. The van der Waals surface area contributed by atoms with Crippen LogP contribution >= 0.6 is 0 Å². The zero-order valence-electron chi connectivity index (χ0n) is 15.9. The number of allylic oxidation sites excluding steroid dienone is 1. The number of nitrogens with one attached hydrogen (secondary N) is 1. The van der Waals surface area contributed by atoms with E-state index in [1.54, 1.807) is 12.1 Å². The summed E-state index contributed by atoms with van der Waals surface area (Å²) in [5.41, 5.74) is -0.210. The first-order valence-electron chi connectivity index (χ1n) is 8.86. The number of Topliss-reactive ketones (excluding diaryl/α,β-unsaturated/α-hetero) is 1. The monoisotopic (exact) mass is 422 g/mol. The summed E-state index contributed by atoms with van der Waals surface area (Å²) >= 11 is 0. The van der Waals surface area contributed by atoms with Crippen molar-refractivity contribution in [3.8, 4) is 5.75 Å². The third-order valence-electron chi connectivity index (χ3n) is 4.66. The molecule has 0 amide bonds. The number of nitrogens with zero attached hydrogens (tertiary/aromatic N) is 5. The molecule has 0 saturated heterocycles. The topological polar surface area (TPSA) is 162 Å². The van der Waals surface area contributed by atoms with Crippen LogP contribution in [0.15, 0.2) is 59.8 Å². The number of fused-ring (bicyclic) bond motifs is 1. The van der Waals surface area contributed by atoms with Crippen LogP contribution in [0.1, 0.15) is 22.0 Å². The number of carbonyl (C=O) groups excluding carboxylic acids is 2. The van der Waals surface area contributed by atoms with Crippen molar-refractivity contribution < 1.29 is 24.4 Å². The van der Waals surface area contributed by atoms with Gasteiger partial charge in [0.05, 0.1) is 17.6 Å². The number of tetrazole rings is 1. The standard InChI is InChI=1S/C19H14N6O6/c1-31-18(28)15-14(17(27)11-5-2-6-12(8-11)25(29)30)16(10-4-3-7-13(26)9-10)24-19(20-15)21-22-23-24/h2-9,16,26H,1H3,(H,20,21,23)/t16-/m1/s1. The van der Waals surface area contributed by atoms with Crippen LogP contribution in [0.4, 0.5) is 11.6 Å². The van der Waals surface area contributed by atoms with Crippen molar-refractivity contribution in [2.75, 3.05) is 12.4 Å². The van der Waals surface area contributed by atoms with E-state index in [1.165, 1.54) is 35.0 Å². The lowest BCUT2D eigenvalue weighted by Crippen LogP contribution is -2.32. The van der Waals surface area contributed by atoms with Crippen LogP contribution in [0.25, 0.3) is 0 Å². The molecule has 0 bridgehead atoms. The van der Waals surface area contributed by atoms with Crippen molar-refractivity contribution in [1.29, 1.82) is 0 Å². The zero-order valence-corrected chi connectivity index (χ0v) is 15.9. The van der Waals surface area contributed by atoms with Gasteiger partial charge in [-0.15, -0.1) is 0 Å². The minimum absolute atomic E-state index is 0.0194. The lowest BCUT2D eigenvalue weighted by atomic mass is 9.89. The van der Waals surface area contributed by atoms with Crippen LogP contribution in [0.2, 0.25) is 0 Å². The van der Waals surface area contributed by atoms with Gasteiger partial charge in [-0.25, -0.2) is 4.79 Å². The Morgan fingerprint density at radius 3 is 2.71 bits per heavy atom. The Balaban J connectivity index is 1.96. The average molecular weight is 422 g/mol. The number of anilines is 1. The molecule has 2 aromatic carbocycles. The molecular formula is C19H14N6O6. The normalized spacial score (nSPS) is 15.1. The van der Waals surface area contributed by atoms with Gasteiger partial charge in [0, 0.05) is 17.7 Å². The van der Waals surface area contributed by atoms with Crippen molar-refractivity contribution in [2.24, 2.45) is 0 Å². The van der Waals surface area contributed by atoms with Crippen LogP contribution in [0, 0.1) is 10.1 Å². The Labute approximate surface area is 173 Å². The van der Waals surface area contributed by atoms with Gasteiger partial charge in [0.1, 0.15) is 17.5 Å². The molecule has 31 heavy (non-hydrogen) atoms.